The standard InChI is InChI=1S/C11H16O.C5H12.C4H10/c1-11(2,3)9-5-7-10(12-4)8-6-9;1-5(2,3)4;1-4(2)3/h5-8H,1-4H3;1-4H3;4H,1-3H3. The van der Waals surface area contributed by atoms with Gasteiger partial charge in [-0.3, -0.25) is 0 Å². The fraction of sp³-hybridized carbons (Fsp3) is 0.700. The van der Waals surface area contributed by atoms with Crippen LogP contribution in [0.3, 0.4) is 0 Å². The topological polar surface area (TPSA) is 9.23 Å². The predicted octanol–water partition coefficient (Wildman–Crippen LogP) is 6.71. The summed E-state index contributed by atoms with van der Waals surface area (Å²) in [6, 6.07) is 8.22. The highest BCUT2D eigenvalue weighted by Gasteiger charge is 2.12. The molecule has 0 bridgehead atoms. The summed E-state index contributed by atoms with van der Waals surface area (Å²) in [6.45, 7) is 21.9. The quantitative estimate of drug-likeness (QED) is 0.559. The largest absolute Gasteiger partial charge is 0.497 e. The first-order valence-electron chi connectivity index (χ1n) is 7.92. The Kier molecular flexibility index (Phi) is 10.5. The molecule has 0 amide bonds. The minimum Gasteiger partial charge on any atom is -0.497 e. The van der Waals surface area contributed by atoms with E-state index in [9.17, 15) is 0 Å². The molecule has 1 aromatic carbocycles. The van der Waals surface area contributed by atoms with Crippen molar-refractivity contribution >= 4 is 0 Å². The molecule has 21 heavy (non-hydrogen) atoms. The number of hydrogen-bond donors (Lipinski definition) is 0. The summed E-state index contributed by atoms with van der Waals surface area (Å²) in [5, 5.41) is 0. The summed E-state index contributed by atoms with van der Waals surface area (Å²) in [5.74, 6) is 1.75. The van der Waals surface area contributed by atoms with Crippen molar-refractivity contribution in [1.82, 2.24) is 0 Å². The first-order chi connectivity index (χ1) is 9.27. The third-order valence-electron chi connectivity index (χ3n) is 1.96. The van der Waals surface area contributed by atoms with Crippen LogP contribution in [-0.2, 0) is 5.41 Å². The van der Waals surface area contributed by atoms with E-state index in [1.165, 1.54) is 5.56 Å². The number of hydrogen-bond acceptors (Lipinski definition) is 1. The van der Waals surface area contributed by atoms with Crippen LogP contribution in [0.2, 0.25) is 0 Å². The Balaban J connectivity index is 0. The lowest BCUT2D eigenvalue weighted by atomic mass is 9.87. The van der Waals surface area contributed by atoms with Crippen LogP contribution in [0, 0.1) is 11.3 Å². The van der Waals surface area contributed by atoms with E-state index in [4.69, 9.17) is 4.74 Å². The van der Waals surface area contributed by atoms with Gasteiger partial charge < -0.3 is 4.74 Å². The molecule has 0 saturated heterocycles. The molecule has 1 aromatic rings. The van der Waals surface area contributed by atoms with Crippen LogP contribution in [0.25, 0.3) is 0 Å². The van der Waals surface area contributed by atoms with Gasteiger partial charge >= 0.3 is 0 Å². The average Bonchev–Trinajstić information content (AvgIpc) is 2.25. The molecule has 0 aliphatic rings. The normalized spacial score (nSPS) is 11.0. The van der Waals surface area contributed by atoms with Crippen LogP contribution < -0.4 is 4.74 Å². The van der Waals surface area contributed by atoms with Crippen molar-refractivity contribution in [1.29, 1.82) is 0 Å². The maximum Gasteiger partial charge on any atom is 0.118 e. The molecule has 0 radical (unpaired) electrons. The van der Waals surface area contributed by atoms with E-state index in [0.717, 1.165) is 11.7 Å². The van der Waals surface area contributed by atoms with E-state index in [1.807, 2.05) is 12.1 Å². The molecular formula is C20H38O. The van der Waals surface area contributed by atoms with Crippen molar-refractivity contribution in [2.24, 2.45) is 11.3 Å². The molecular weight excluding hydrogens is 256 g/mol. The second-order valence-electron chi connectivity index (χ2n) is 8.71. The van der Waals surface area contributed by atoms with Crippen LogP contribution >= 0.6 is 0 Å². The van der Waals surface area contributed by atoms with Gasteiger partial charge in [0.1, 0.15) is 5.75 Å². The van der Waals surface area contributed by atoms with Crippen molar-refractivity contribution in [2.75, 3.05) is 7.11 Å². The SMILES string of the molecule is CC(C)(C)C.CC(C)C.COc1ccc(C(C)(C)C)cc1. The molecule has 0 aliphatic heterocycles. The summed E-state index contributed by atoms with van der Waals surface area (Å²) in [6.07, 6.45) is 0. The minimum atomic E-state index is 0.228. The summed E-state index contributed by atoms with van der Waals surface area (Å²) in [5.41, 5.74) is 2.06. The van der Waals surface area contributed by atoms with Crippen LogP contribution in [0.4, 0.5) is 0 Å². The Morgan fingerprint density at radius 3 is 1.24 bits per heavy atom. The third-order valence-corrected chi connectivity index (χ3v) is 1.96. The van der Waals surface area contributed by atoms with Gasteiger partial charge in [-0.2, -0.15) is 0 Å². The van der Waals surface area contributed by atoms with Gasteiger partial charge in [0.05, 0.1) is 7.11 Å². The lowest BCUT2D eigenvalue weighted by molar-refractivity contribution is 0.414. The van der Waals surface area contributed by atoms with Crippen LogP contribution in [0.5, 0.6) is 5.75 Å². The summed E-state index contributed by atoms with van der Waals surface area (Å²) < 4.78 is 5.08. The van der Waals surface area contributed by atoms with Crippen molar-refractivity contribution < 1.29 is 4.74 Å². The van der Waals surface area contributed by atoms with Crippen molar-refractivity contribution in [3.05, 3.63) is 29.8 Å². The first kappa shape index (κ1) is 22.3. The molecule has 0 heterocycles. The van der Waals surface area contributed by atoms with E-state index in [2.05, 4.69) is 81.4 Å². The highest BCUT2D eigenvalue weighted by molar-refractivity contribution is 5.30. The van der Waals surface area contributed by atoms with Crippen molar-refractivity contribution in [3.63, 3.8) is 0 Å². The average molecular weight is 295 g/mol. The van der Waals surface area contributed by atoms with Gasteiger partial charge in [0, 0.05) is 0 Å². The van der Waals surface area contributed by atoms with Gasteiger partial charge in [-0.15, -0.1) is 0 Å². The van der Waals surface area contributed by atoms with Gasteiger partial charge in [0.2, 0.25) is 0 Å². The fourth-order valence-electron chi connectivity index (χ4n) is 1.09. The van der Waals surface area contributed by atoms with Crippen LogP contribution in [-0.4, -0.2) is 7.11 Å². The maximum absolute atomic E-state index is 5.08. The molecule has 0 saturated carbocycles. The van der Waals surface area contributed by atoms with E-state index >= 15 is 0 Å². The fourth-order valence-corrected chi connectivity index (χ4v) is 1.09. The Bertz CT molecular complexity index is 338. The molecule has 0 spiro atoms. The molecule has 0 fully saturated rings. The van der Waals surface area contributed by atoms with Crippen molar-refractivity contribution in [3.8, 4) is 5.75 Å². The minimum absolute atomic E-state index is 0.228. The van der Waals surface area contributed by atoms with E-state index < -0.39 is 0 Å². The zero-order chi connectivity index (χ0) is 17.3. The maximum atomic E-state index is 5.08. The highest BCUT2D eigenvalue weighted by atomic mass is 16.5. The van der Waals surface area contributed by atoms with Crippen LogP contribution in [0.1, 0.15) is 74.8 Å². The number of rotatable bonds is 1. The third kappa shape index (κ3) is 19.0. The molecule has 0 aromatic heterocycles. The second kappa shape index (κ2) is 9.87. The lowest BCUT2D eigenvalue weighted by Gasteiger charge is -2.18. The highest BCUT2D eigenvalue weighted by Crippen LogP contribution is 2.23. The summed E-state index contributed by atoms with van der Waals surface area (Å²) in [7, 11) is 1.69. The van der Waals surface area contributed by atoms with Gasteiger partial charge in [-0.1, -0.05) is 81.4 Å². The van der Waals surface area contributed by atoms with Gasteiger partial charge in [-0.05, 0) is 34.4 Å². The van der Waals surface area contributed by atoms with Crippen LogP contribution in [0.15, 0.2) is 24.3 Å². The van der Waals surface area contributed by atoms with E-state index in [1.54, 1.807) is 7.11 Å². The van der Waals surface area contributed by atoms with Gasteiger partial charge in [0.25, 0.3) is 0 Å². The van der Waals surface area contributed by atoms with E-state index in [-0.39, 0.29) is 5.41 Å². The number of methoxy groups -OCH3 is 1. The molecule has 0 aliphatic carbocycles. The Labute approximate surface area is 134 Å². The van der Waals surface area contributed by atoms with Gasteiger partial charge in [-0.25, -0.2) is 0 Å². The molecule has 1 rings (SSSR count). The predicted molar refractivity (Wildman–Crippen MR) is 97.3 cm³/mol. The molecule has 0 N–H and O–H groups in total. The lowest BCUT2D eigenvalue weighted by Crippen LogP contribution is -2.10. The Morgan fingerprint density at radius 1 is 0.762 bits per heavy atom. The molecule has 0 unspecified atom stereocenters. The zero-order valence-electron chi connectivity index (χ0n) is 16.3. The number of benzene rings is 1. The monoisotopic (exact) mass is 294 g/mol. The Morgan fingerprint density at radius 2 is 1.05 bits per heavy atom. The molecule has 1 heteroatoms. The summed E-state index contributed by atoms with van der Waals surface area (Å²) >= 11 is 0. The zero-order valence-corrected chi connectivity index (χ0v) is 16.3. The molecule has 124 valence electrons. The van der Waals surface area contributed by atoms with Crippen molar-refractivity contribution in [2.45, 2.75) is 74.7 Å². The van der Waals surface area contributed by atoms with E-state index in [0.29, 0.717) is 5.41 Å². The van der Waals surface area contributed by atoms with Gasteiger partial charge in [0.15, 0.2) is 0 Å². The molecule has 1 nitrogen and oxygen atoms in total. The molecule has 0 atom stereocenters. The first-order valence-corrected chi connectivity index (χ1v) is 7.92. The second-order valence-corrected chi connectivity index (χ2v) is 8.71. The Hall–Kier alpha value is -0.980. The summed E-state index contributed by atoms with van der Waals surface area (Å²) in [4.78, 5) is 0. The number of ether oxygens (including phenoxy) is 1. The smallest absolute Gasteiger partial charge is 0.118 e.